The number of nitrogens with two attached hydrogens (primary N) is 1. The number of carbonyl (C=O) groups is 1. The molecule has 0 bridgehead atoms. The molecule has 1 aromatic rings. The van der Waals surface area contributed by atoms with E-state index < -0.39 is 0 Å². The van der Waals surface area contributed by atoms with Crippen molar-refractivity contribution in [2.24, 2.45) is 11.7 Å². The largest absolute Gasteiger partial charge is 0.341 e. The number of rotatable bonds is 5. The second-order valence-corrected chi connectivity index (χ2v) is 5.44. The molecule has 0 aliphatic heterocycles. The highest BCUT2D eigenvalue weighted by Gasteiger charge is 2.18. The van der Waals surface area contributed by atoms with Crippen molar-refractivity contribution >= 4 is 17.2 Å². The first-order chi connectivity index (χ1) is 9.12. The highest BCUT2D eigenvalue weighted by molar-refractivity contribution is 7.10. The summed E-state index contributed by atoms with van der Waals surface area (Å²) >= 11 is 1.60. The molecule has 1 heterocycles. The molecule has 1 amide bonds. The number of nitrogens with zero attached hydrogens (tertiary/aromatic N) is 1. The summed E-state index contributed by atoms with van der Waals surface area (Å²) in [7, 11) is 1.86. The van der Waals surface area contributed by atoms with Crippen molar-refractivity contribution in [2.75, 3.05) is 13.6 Å². The zero-order valence-corrected chi connectivity index (χ0v) is 12.7. The predicted molar refractivity (Wildman–Crippen MR) is 80.8 cm³/mol. The summed E-state index contributed by atoms with van der Waals surface area (Å²) < 4.78 is 0. The third kappa shape index (κ3) is 4.70. The lowest BCUT2D eigenvalue weighted by Crippen LogP contribution is -2.31. The number of thiophene rings is 1. The van der Waals surface area contributed by atoms with E-state index in [1.54, 1.807) is 16.2 Å². The highest BCUT2D eigenvalue weighted by Crippen LogP contribution is 2.17. The monoisotopic (exact) mass is 278 g/mol. The van der Waals surface area contributed by atoms with Gasteiger partial charge in [-0.15, -0.1) is 11.3 Å². The average molecular weight is 278 g/mol. The van der Waals surface area contributed by atoms with E-state index in [9.17, 15) is 4.79 Å². The molecule has 0 fully saturated rings. The van der Waals surface area contributed by atoms with E-state index >= 15 is 0 Å². The van der Waals surface area contributed by atoms with Gasteiger partial charge in [0.15, 0.2) is 0 Å². The molecule has 4 heteroatoms. The Morgan fingerprint density at radius 3 is 2.74 bits per heavy atom. The van der Waals surface area contributed by atoms with Crippen LogP contribution < -0.4 is 5.73 Å². The Hall–Kier alpha value is -1.31. The quantitative estimate of drug-likeness (QED) is 0.841. The van der Waals surface area contributed by atoms with Gasteiger partial charge in [-0.05, 0) is 29.9 Å². The molecule has 3 nitrogen and oxygen atoms in total. The van der Waals surface area contributed by atoms with Gasteiger partial charge in [0, 0.05) is 19.5 Å². The van der Waals surface area contributed by atoms with Crippen LogP contribution in [0.3, 0.4) is 0 Å². The molecule has 0 spiro atoms. The van der Waals surface area contributed by atoms with Gasteiger partial charge in [-0.3, -0.25) is 4.79 Å². The van der Waals surface area contributed by atoms with Crippen LogP contribution >= 0.6 is 11.3 Å². The van der Waals surface area contributed by atoms with Gasteiger partial charge in [0.2, 0.25) is 5.91 Å². The Balaban J connectivity index is 2.63. The van der Waals surface area contributed by atoms with Crippen molar-refractivity contribution in [3.05, 3.63) is 21.9 Å². The van der Waals surface area contributed by atoms with E-state index in [0.29, 0.717) is 13.1 Å². The standard InChI is InChI=1S/C15H22N2OS/c1-4-13(5-2)15(18)17(3)10-12-9-14(19-11-12)7-6-8-16/h9,11,13H,4-5,8,10,16H2,1-3H3. The van der Waals surface area contributed by atoms with Crippen molar-refractivity contribution in [3.8, 4) is 11.8 Å². The molecule has 0 aliphatic carbocycles. The summed E-state index contributed by atoms with van der Waals surface area (Å²) in [5.74, 6) is 6.22. The van der Waals surface area contributed by atoms with Crippen LogP contribution in [0.5, 0.6) is 0 Å². The summed E-state index contributed by atoms with van der Waals surface area (Å²) in [5.41, 5.74) is 6.48. The molecule has 1 rings (SSSR count). The van der Waals surface area contributed by atoms with Crippen LogP contribution in [0.15, 0.2) is 11.4 Å². The molecular weight excluding hydrogens is 256 g/mol. The predicted octanol–water partition coefficient (Wildman–Crippen LogP) is 2.45. The van der Waals surface area contributed by atoms with E-state index in [0.717, 1.165) is 23.3 Å². The fourth-order valence-corrected chi connectivity index (χ4v) is 2.74. The van der Waals surface area contributed by atoms with E-state index in [1.165, 1.54) is 0 Å². The molecule has 0 atom stereocenters. The highest BCUT2D eigenvalue weighted by atomic mass is 32.1. The third-order valence-corrected chi connectivity index (χ3v) is 3.99. The molecule has 2 N–H and O–H groups in total. The minimum absolute atomic E-state index is 0.139. The van der Waals surface area contributed by atoms with Crippen molar-refractivity contribution in [2.45, 2.75) is 33.2 Å². The van der Waals surface area contributed by atoms with Crippen LogP contribution in [0, 0.1) is 17.8 Å². The third-order valence-electron chi connectivity index (χ3n) is 3.10. The minimum atomic E-state index is 0.139. The van der Waals surface area contributed by atoms with Gasteiger partial charge < -0.3 is 10.6 Å². The first-order valence-corrected chi connectivity index (χ1v) is 7.51. The summed E-state index contributed by atoms with van der Waals surface area (Å²) in [6.45, 7) is 5.15. The van der Waals surface area contributed by atoms with Crippen molar-refractivity contribution in [3.63, 3.8) is 0 Å². The Bertz CT molecular complexity index is 466. The molecule has 0 unspecified atom stereocenters. The fourth-order valence-electron chi connectivity index (χ4n) is 1.96. The molecule has 0 saturated heterocycles. The summed E-state index contributed by atoms with van der Waals surface area (Å²) in [5, 5.41) is 2.05. The van der Waals surface area contributed by atoms with E-state index in [1.807, 2.05) is 13.1 Å². The smallest absolute Gasteiger partial charge is 0.225 e. The number of hydrogen-bond donors (Lipinski definition) is 1. The van der Waals surface area contributed by atoms with Gasteiger partial charge in [-0.1, -0.05) is 25.7 Å². The maximum absolute atomic E-state index is 12.2. The number of hydrogen-bond acceptors (Lipinski definition) is 3. The average Bonchev–Trinajstić information content (AvgIpc) is 2.85. The molecule has 0 aliphatic rings. The zero-order chi connectivity index (χ0) is 14.3. The molecule has 19 heavy (non-hydrogen) atoms. The lowest BCUT2D eigenvalue weighted by Gasteiger charge is -2.21. The van der Waals surface area contributed by atoms with Gasteiger partial charge in [-0.25, -0.2) is 0 Å². The SMILES string of the molecule is CCC(CC)C(=O)N(C)Cc1csc(C#CCN)c1. The van der Waals surface area contributed by atoms with Gasteiger partial charge in [0.05, 0.1) is 11.4 Å². The van der Waals surface area contributed by atoms with Gasteiger partial charge in [-0.2, -0.15) is 0 Å². The number of amides is 1. The van der Waals surface area contributed by atoms with Crippen molar-refractivity contribution in [1.82, 2.24) is 4.90 Å². The summed E-state index contributed by atoms with van der Waals surface area (Å²) in [6, 6.07) is 2.03. The minimum Gasteiger partial charge on any atom is -0.341 e. The maximum atomic E-state index is 12.2. The Morgan fingerprint density at radius 2 is 2.16 bits per heavy atom. The molecule has 104 valence electrons. The number of carbonyl (C=O) groups excluding carboxylic acids is 1. The first-order valence-electron chi connectivity index (χ1n) is 6.63. The Kier molecular flexibility index (Phi) is 6.61. The molecule has 0 saturated carbocycles. The van der Waals surface area contributed by atoms with Crippen LogP contribution in [0.1, 0.15) is 37.1 Å². The van der Waals surface area contributed by atoms with Gasteiger partial charge in [0.25, 0.3) is 0 Å². The second-order valence-electron chi connectivity index (χ2n) is 4.53. The lowest BCUT2D eigenvalue weighted by molar-refractivity contribution is -0.134. The Morgan fingerprint density at radius 1 is 1.47 bits per heavy atom. The van der Waals surface area contributed by atoms with Crippen LogP contribution in [-0.4, -0.2) is 24.4 Å². The van der Waals surface area contributed by atoms with Gasteiger partial charge >= 0.3 is 0 Å². The van der Waals surface area contributed by atoms with Crippen molar-refractivity contribution in [1.29, 1.82) is 0 Å². The Labute approximate surface area is 119 Å². The molecule has 0 radical (unpaired) electrons. The molecule has 1 aromatic heterocycles. The van der Waals surface area contributed by atoms with Crippen LogP contribution in [0.25, 0.3) is 0 Å². The first kappa shape index (κ1) is 15.7. The van der Waals surface area contributed by atoms with E-state index in [4.69, 9.17) is 5.73 Å². The van der Waals surface area contributed by atoms with Crippen LogP contribution in [-0.2, 0) is 11.3 Å². The zero-order valence-electron chi connectivity index (χ0n) is 11.9. The topological polar surface area (TPSA) is 46.3 Å². The van der Waals surface area contributed by atoms with Crippen LogP contribution in [0.2, 0.25) is 0 Å². The lowest BCUT2D eigenvalue weighted by atomic mass is 10.0. The van der Waals surface area contributed by atoms with Crippen LogP contribution in [0.4, 0.5) is 0 Å². The maximum Gasteiger partial charge on any atom is 0.225 e. The second kappa shape index (κ2) is 7.98. The van der Waals surface area contributed by atoms with E-state index in [2.05, 4.69) is 31.1 Å². The molecule has 0 aromatic carbocycles. The summed E-state index contributed by atoms with van der Waals surface area (Å²) in [4.78, 5) is 15.0. The van der Waals surface area contributed by atoms with Crippen molar-refractivity contribution < 1.29 is 4.79 Å². The normalized spacial score (nSPS) is 10.2. The van der Waals surface area contributed by atoms with E-state index in [-0.39, 0.29) is 11.8 Å². The van der Waals surface area contributed by atoms with Gasteiger partial charge in [0.1, 0.15) is 0 Å². The molecular formula is C15H22N2OS. The fraction of sp³-hybridized carbons (Fsp3) is 0.533. The summed E-state index contributed by atoms with van der Waals surface area (Å²) in [6.07, 6.45) is 1.80.